The number of anilines is 1. The van der Waals surface area contributed by atoms with E-state index in [1.807, 2.05) is 0 Å². The summed E-state index contributed by atoms with van der Waals surface area (Å²) in [5, 5.41) is 10.8. The zero-order valence-electron chi connectivity index (χ0n) is 14.2. The molecular weight excluding hydrogens is 333 g/mol. The van der Waals surface area contributed by atoms with E-state index < -0.39 is 5.66 Å². The van der Waals surface area contributed by atoms with Crippen molar-refractivity contribution in [2.24, 2.45) is 10.2 Å². The van der Waals surface area contributed by atoms with E-state index in [4.69, 9.17) is 6.42 Å². The van der Waals surface area contributed by atoms with Gasteiger partial charge in [-0.05, 0) is 17.7 Å². The van der Waals surface area contributed by atoms with Crippen molar-refractivity contribution < 1.29 is 9.18 Å². The van der Waals surface area contributed by atoms with Crippen LogP contribution in [0.3, 0.4) is 0 Å². The minimum Gasteiger partial charge on any atom is -0.323 e. The molecule has 132 valence electrons. The topological polar surface area (TPSA) is 79.6 Å². The Labute approximate surface area is 151 Å². The Kier molecular flexibility index (Phi) is 5.32. The highest BCUT2D eigenvalue weighted by Crippen LogP contribution is 2.37. The molecule has 6 nitrogen and oxygen atoms in total. The number of amides is 1. The molecule has 0 fully saturated rings. The van der Waals surface area contributed by atoms with Crippen LogP contribution in [0.5, 0.6) is 0 Å². The third-order valence-electron chi connectivity index (χ3n) is 4.07. The maximum Gasteiger partial charge on any atom is 0.224 e. The molecule has 1 aliphatic heterocycles. The van der Waals surface area contributed by atoms with Crippen molar-refractivity contribution in [3.63, 3.8) is 0 Å². The summed E-state index contributed by atoms with van der Waals surface area (Å²) in [6, 6.07) is 6.19. The van der Waals surface area contributed by atoms with Crippen LogP contribution in [-0.2, 0) is 11.2 Å². The van der Waals surface area contributed by atoms with Crippen molar-refractivity contribution in [3.8, 4) is 12.3 Å². The molecule has 2 heterocycles. The zero-order valence-corrected chi connectivity index (χ0v) is 14.2. The van der Waals surface area contributed by atoms with Crippen molar-refractivity contribution in [2.75, 3.05) is 5.32 Å². The van der Waals surface area contributed by atoms with E-state index in [1.54, 1.807) is 24.5 Å². The van der Waals surface area contributed by atoms with Gasteiger partial charge in [-0.1, -0.05) is 12.1 Å². The molecule has 1 amide bonds. The number of terminal acetylenes is 1. The molecule has 0 spiro atoms. The van der Waals surface area contributed by atoms with E-state index in [2.05, 4.69) is 31.4 Å². The Morgan fingerprint density at radius 2 is 1.85 bits per heavy atom. The van der Waals surface area contributed by atoms with Crippen LogP contribution in [0.1, 0.15) is 37.1 Å². The number of carbonyl (C=O) groups excluding carboxylic acids is 1. The van der Waals surface area contributed by atoms with Gasteiger partial charge in [0.05, 0.1) is 18.1 Å². The number of benzene rings is 1. The average molecular weight is 351 g/mol. The van der Waals surface area contributed by atoms with Gasteiger partial charge >= 0.3 is 0 Å². The Hall–Kier alpha value is -3.14. The lowest BCUT2D eigenvalue weighted by atomic mass is 10.0. The van der Waals surface area contributed by atoms with Crippen LogP contribution < -0.4 is 5.32 Å². The number of nitrogens with one attached hydrogen (secondary N) is 1. The first kappa shape index (κ1) is 17.7. The van der Waals surface area contributed by atoms with E-state index in [9.17, 15) is 9.18 Å². The van der Waals surface area contributed by atoms with Crippen LogP contribution >= 0.6 is 0 Å². The van der Waals surface area contributed by atoms with Gasteiger partial charge in [0.1, 0.15) is 11.6 Å². The van der Waals surface area contributed by atoms with Crippen molar-refractivity contribution in [3.05, 3.63) is 53.9 Å². The summed E-state index contributed by atoms with van der Waals surface area (Å²) in [4.78, 5) is 20.5. The average Bonchev–Trinajstić information content (AvgIpc) is 3.42. The van der Waals surface area contributed by atoms with Gasteiger partial charge < -0.3 is 5.32 Å². The van der Waals surface area contributed by atoms with E-state index in [1.165, 1.54) is 12.1 Å². The molecule has 1 aromatic heterocycles. The highest BCUT2D eigenvalue weighted by molar-refractivity contribution is 5.90. The van der Waals surface area contributed by atoms with Gasteiger partial charge in [-0.15, -0.1) is 12.3 Å². The lowest BCUT2D eigenvalue weighted by Crippen LogP contribution is -2.18. The van der Waals surface area contributed by atoms with Gasteiger partial charge in [0.25, 0.3) is 0 Å². The summed E-state index contributed by atoms with van der Waals surface area (Å²) in [6.07, 6.45) is 11.0. The number of hydrogen-bond acceptors (Lipinski definition) is 5. The summed E-state index contributed by atoms with van der Waals surface area (Å²) in [5.41, 5.74) is 0.983. The summed E-state index contributed by atoms with van der Waals surface area (Å²) in [7, 11) is 0. The molecule has 0 unspecified atom stereocenters. The Balaban J connectivity index is 1.47. The van der Waals surface area contributed by atoms with Crippen molar-refractivity contribution in [2.45, 2.75) is 37.8 Å². The number of carbonyl (C=O) groups is 1. The Morgan fingerprint density at radius 1 is 1.15 bits per heavy atom. The third kappa shape index (κ3) is 4.93. The second-order valence-electron chi connectivity index (χ2n) is 6.13. The molecule has 0 atom stereocenters. The Bertz CT molecular complexity index is 834. The third-order valence-corrected chi connectivity index (χ3v) is 4.07. The van der Waals surface area contributed by atoms with Gasteiger partial charge in [0.2, 0.25) is 5.91 Å². The van der Waals surface area contributed by atoms with Gasteiger partial charge in [0, 0.05) is 32.1 Å². The minimum atomic E-state index is -0.459. The van der Waals surface area contributed by atoms with Crippen molar-refractivity contribution in [1.82, 2.24) is 9.97 Å². The van der Waals surface area contributed by atoms with Gasteiger partial charge in [-0.25, -0.2) is 14.4 Å². The zero-order chi connectivity index (χ0) is 18.4. The van der Waals surface area contributed by atoms with Crippen LogP contribution in [0.15, 0.2) is 46.9 Å². The minimum absolute atomic E-state index is 0.141. The fraction of sp³-hybridized carbons (Fsp3) is 0.316. The molecule has 7 heteroatoms. The lowest BCUT2D eigenvalue weighted by molar-refractivity contribution is -0.116. The fourth-order valence-electron chi connectivity index (χ4n) is 2.50. The van der Waals surface area contributed by atoms with Crippen LogP contribution in [0.4, 0.5) is 10.1 Å². The predicted octanol–water partition coefficient (Wildman–Crippen LogP) is 3.50. The molecule has 0 radical (unpaired) electrons. The smallest absolute Gasteiger partial charge is 0.224 e. The summed E-state index contributed by atoms with van der Waals surface area (Å²) in [6.45, 7) is 0. The maximum absolute atomic E-state index is 12.9. The molecule has 26 heavy (non-hydrogen) atoms. The number of rotatable bonds is 8. The normalized spacial score (nSPS) is 13.8. The first-order valence-corrected chi connectivity index (χ1v) is 8.31. The van der Waals surface area contributed by atoms with Crippen LogP contribution in [0, 0.1) is 18.2 Å². The molecule has 0 saturated carbocycles. The highest BCUT2D eigenvalue weighted by atomic mass is 19.1. The largest absolute Gasteiger partial charge is 0.323 e. The van der Waals surface area contributed by atoms with Crippen molar-refractivity contribution >= 4 is 11.6 Å². The monoisotopic (exact) mass is 351 g/mol. The van der Waals surface area contributed by atoms with E-state index in [-0.39, 0.29) is 11.7 Å². The molecule has 1 aromatic carbocycles. The van der Waals surface area contributed by atoms with Gasteiger partial charge in [0.15, 0.2) is 5.66 Å². The van der Waals surface area contributed by atoms with Crippen molar-refractivity contribution in [1.29, 1.82) is 0 Å². The summed E-state index contributed by atoms with van der Waals surface area (Å²) < 4.78 is 12.9. The van der Waals surface area contributed by atoms with Crippen LogP contribution in [0.25, 0.3) is 0 Å². The number of aromatic nitrogens is 2. The number of nitrogens with zero attached hydrogens (tertiary/aromatic N) is 4. The summed E-state index contributed by atoms with van der Waals surface area (Å²) in [5.74, 6) is 2.74. The molecule has 1 N–H and O–H groups in total. The fourth-order valence-corrected chi connectivity index (χ4v) is 2.50. The second-order valence-corrected chi connectivity index (χ2v) is 6.13. The van der Waals surface area contributed by atoms with E-state index >= 15 is 0 Å². The first-order chi connectivity index (χ1) is 12.6. The number of halogens is 1. The molecule has 1 aliphatic rings. The summed E-state index contributed by atoms with van der Waals surface area (Å²) >= 11 is 0. The maximum atomic E-state index is 12.9. The second kappa shape index (κ2) is 7.83. The van der Waals surface area contributed by atoms with E-state index in [0.717, 1.165) is 5.56 Å². The quantitative estimate of drug-likeness (QED) is 0.739. The lowest BCUT2D eigenvalue weighted by Gasteiger charge is -2.09. The molecule has 3 rings (SSSR count). The van der Waals surface area contributed by atoms with E-state index in [0.29, 0.717) is 43.6 Å². The van der Waals surface area contributed by atoms with Gasteiger partial charge in [-0.2, -0.15) is 10.2 Å². The predicted molar refractivity (Wildman–Crippen MR) is 94.8 cm³/mol. The molecule has 0 aliphatic carbocycles. The van der Waals surface area contributed by atoms with Gasteiger partial charge in [-0.3, -0.25) is 4.79 Å². The standard InChI is InChI=1S/C19H18FN5O/c1-2-3-9-19(24-25-19)10-8-18(26)23-16-12-21-17(22-13-16)11-14-4-6-15(20)7-5-14/h1,4-7,12-13H,3,8-11H2,(H,23,26). The molecule has 0 saturated heterocycles. The highest BCUT2D eigenvalue weighted by Gasteiger charge is 2.39. The Morgan fingerprint density at radius 3 is 2.46 bits per heavy atom. The first-order valence-electron chi connectivity index (χ1n) is 8.31. The van der Waals surface area contributed by atoms with Crippen LogP contribution in [-0.4, -0.2) is 21.5 Å². The molecule has 2 aromatic rings. The number of hydrogen-bond donors (Lipinski definition) is 1. The SMILES string of the molecule is C#CCCC1(CCC(=O)Nc2cnc(Cc3ccc(F)cc3)nc2)N=N1. The van der Waals surface area contributed by atoms with Crippen LogP contribution in [0.2, 0.25) is 0 Å². The molecular formula is C19H18FN5O. The molecule has 0 bridgehead atoms.